The average Bonchev–Trinajstić information content (AvgIpc) is 3.06. The Hall–Kier alpha value is -2.27. The van der Waals surface area contributed by atoms with Gasteiger partial charge in [-0.15, -0.1) is 5.10 Å². The van der Waals surface area contributed by atoms with E-state index in [4.69, 9.17) is 23.3 Å². The van der Waals surface area contributed by atoms with E-state index in [2.05, 4.69) is 38.6 Å². The molecule has 3 rings (SSSR count). The van der Waals surface area contributed by atoms with E-state index in [1.807, 2.05) is 25.3 Å². The van der Waals surface area contributed by atoms with Crippen LogP contribution in [0.4, 0.5) is 0 Å². The van der Waals surface area contributed by atoms with Crippen molar-refractivity contribution in [3.8, 4) is 0 Å². The van der Waals surface area contributed by atoms with Crippen LogP contribution in [0.1, 0.15) is 18.3 Å². The van der Waals surface area contributed by atoms with Gasteiger partial charge in [-0.05, 0) is 24.1 Å². The summed E-state index contributed by atoms with van der Waals surface area (Å²) in [5, 5.41) is 11.6. The second-order valence-corrected chi connectivity index (χ2v) is 5.28. The predicted octanol–water partition coefficient (Wildman–Crippen LogP) is 1.19. The molecule has 0 amide bonds. The molecule has 0 bridgehead atoms. The van der Waals surface area contributed by atoms with Crippen LogP contribution in [0.3, 0.4) is 0 Å². The van der Waals surface area contributed by atoms with Crippen LogP contribution >= 0.6 is 0 Å². The van der Waals surface area contributed by atoms with Gasteiger partial charge < -0.3 is 10.7 Å². The molecule has 23 heavy (non-hydrogen) atoms. The highest BCUT2D eigenvalue weighted by Crippen LogP contribution is 2.16. The predicted molar refractivity (Wildman–Crippen MR) is 86.4 cm³/mol. The van der Waals surface area contributed by atoms with Gasteiger partial charge in [0.25, 0.3) is 0 Å². The number of nitrogens with zero attached hydrogens (tertiary/aromatic N) is 2. The van der Waals surface area contributed by atoms with Crippen molar-refractivity contribution in [2.24, 2.45) is 5.73 Å². The highest BCUT2D eigenvalue weighted by Gasteiger charge is 2.02. The summed E-state index contributed by atoms with van der Waals surface area (Å²) in [5.74, 6) is 0. The molecule has 0 unspecified atom stereocenters. The molecule has 0 saturated carbocycles. The van der Waals surface area contributed by atoms with Gasteiger partial charge in [-0.25, -0.2) is 0 Å². The highest BCUT2D eigenvalue weighted by molar-refractivity contribution is 7.79. The third-order valence-electron chi connectivity index (χ3n) is 2.42. The molecule has 6 N–H and O–H groups in total. The number of rotatable bonds is 2. The van der Waals surface area contributed by atoms with Gasteiger partial charge in [0.05, 0.1) is 5.69 Å². The van der Waals surface area contributed by atoms with Crippen LogP contribution < -0.4 is 5.73 Å². The minimum atomic E-state index is -4.67. The van der Waals surface area contributed by atoms with Crippen LogP contribution in [0, 0.1) is 0 Å². The molecule has 2 heterocycles. The zero-order chi connectivity index (χ0) is 17.3. The van der Waals surface area contributed by atoms with Crippen molar-refractivity contribution in [1.82, 2.24) is 20.4 Å². The van der Waals surface area contributed by atoms with Gasteiger partial charge in [0.15, 0.2) is 0 Å². The molecule has 0 aliphatic rings. The van der Waals surface area contributed by atoms with Gasteiger partial charge in [0.2, 0.25) is 0 Å². The van der Waals surface area contributed by atoms with Crippen LogP contribution in [-0.2, 0) is 16.8 Å². The van der Waals surface area contributed by atoms with E-state index in [1.54, 1.807) is 0 Å². The second-order valence-electron chi connectivity index (χ2n) is 4.38. The molecule has 9 nitrogen and oxygen atoms in total. The maximum atomic E-state index is 8.74. The molecule has 2 aromatic heterocycles. The minimum absolute atomic E-state index is 0.750. The van der Waals surface area contributed by atoms with E-state index in [1.165, 1.54) is 5.39 Å². The summed E-state index contributed by atoms with van der Waals surface area (Å²) in [5.41, 5.74) is 8.11. The number of para-hydroxylation sites is 1. The third kappa shape index (κ3) is 8.07. The van der Waals surface area contributed by atoms with E-state index in [9.17, 15) is 0 Å². The third-order valence-corrected chi connectivity index (χ3v) is 2.42. The number of aromatic nitrogens is 4. The summed E-state index contributed by atoms with van der Waals surface area (Å²) >= 11 is 0. The standard InChI is InChI=1S/C11H10N4.C2H7N.H2O4S/c1-2-4-11-8(3-1)5-9(13-11)6-10-7-12-15-14-10;1-2-3;1-5(2,3)4/h1-5,7,13H,6H2,(H,12,14,15);2-3H2,1H3;(H2,1,2,3,4). The summed E-state index contributed by atoms with van der Waals surface area (Å²) in [4.78, 5) is 3.35. The number of nitrogens with two attached hydrogens (primary N) is 1. The van der Waals surface area contributed by atoms with Gasteiger partial charge in [0, 0.05) is 23.8 Å². The minimum Gasteiger partial charge on any atom is -0.358 e. The Labute approximate surface area is 133 Å². The van der Waals surface area contributed by atoms with Crippen molar-refractivity contribution in [2.75, 3.05) is 6.54 Å². The first-order valence-corrected chi connectivity index (χ1v) is 8.05. The van der Waals surface area contributed by atoms with Crippen molar-refractivity contribution in [1.29, 1.82) is 0 Å². The summed E-state index contributed by atoms with van der Waals surface area (Å²) in [6.07, 6.45) is 2.59. The van der Waals surface area contributed by atoms with E-state index in [0.717, 1.165) is 29.9 Å². The normalized spacial score (nSPS) is 10.4. The molecule has 126 valence electrons. The number of benzene rings is 1. The lowest BCUT2D eigenvalue weighted by Gasteiger charge is -1.90. The fraction of sp³-hybridized carbons (Fsp3) is 0.231. The molecular formula is C13H19N5O4S. The number of H-pyrrole nitrogens is 2. The largest absolute Gasteiger partial charge is 0.394 e. The van der Waals surface area contributed by atoms with E-state index in [0.29, 0.717) is 0 Å². The smallest absolute Gasteiger partial charge is 0.358 e. The Morgan fingerprint density at radius 1 is 1.26 bits per heavy atom. The van der Waals surface area contributed by atoms with Crippen molar-refractivity contribution in [2.45, 2.75) is 13.3 Å². The van der Waals surface area contributed by atoms with Gasteiger partial charge in [-0.2, -0.15) is 8.42 Å². The zero-order valence-corrected chi connectivity index (χ0v) is 13.3. The Kier molecular flexibility index (Phi) is 7.35. The van der Waals surface area contributed by atoms with Gasteiger partial charge in [0.1, 0.15) is 0 Å². The van der Waals surface area contributed by atoms with Crippen molar-refractivity contribution < 1.29 is 17.5 Å². The lowest BCUT2D eigenvalue weighted by molar-refractivity contribution is 0.381. The van der Waals surface area contributed by atoms with Crippen LogP contribution in [0.2, 0.25) is 0 Å². The van der Waals surface area contributed by atoms with Crippen molar-refractivity contribution in [3.05, 3.63) is 47.9 Å². The fourth-order valence-electron chi connectivity index (χ4n) is 1.74. The number of fused-ring (bicyclic) bond motifs is 1. The molecule has 0 radical (unpaired) electrons. The van der Waals surface area contributed by atoms with Crippen LogP contribution in [0.25, 0.3) is 10.9 Å². The number of hydrogen-bond acceptors (Lipinski definition) is 5. The molecule has 0 atom stereocenters. The SMILES string of the molecule is CCN.O=S(=O)(O)O.c1ccc2[nH]c(Cc3c[nH]nn3)cc2c1. The summed E-state index contributed by atoms with van der Waals surface area (Å²) in [6, 6.07) is 10.4. The monoisotopic (exact) mass is 341 g/mol. The second kappa shape index (κ2) is 9.00. The summed E-state index contributed by atoms with van der Waals surface area (Å²) in [6.45, 7) is 2.65. The summed E-state index contributed by atoms with van der Waals surface area (Å²) in [7, 11) is -4.67. The topological polar surface area (TPSA) is 158 Å². The molecule has 3 aromatic rings. The molecule has 0 aliphatic carbocycles. The molecule has 0 spiro atoms. The van der Waals surface area contributed by atoms with Crippen LogP contribution in [-0.4, -0.2) is 44.5 Å². The Balaban J connectivity index is 0.000000281. The first-order chi connectivity index (χ1) is 10.8. The van der Waals surface area contributed by atoms with E-state index >= 15 is 0 Å². The number of aromatic amines is 2. The van der Waals surface area contributed by atoms with E-state index in [-0.39, 0.29) is 0 Å². The van der Waals surface area contributed by atoms with Gasteiger partial charge in [-0.1, -0.05) is 30.3 Å². The molecule has 10 heteroatoms. The van der Waals surface area contributed by atoms with Gasteiger partial charge >= 0.3 is 10.4 Å². The summed E-state index contributed by atoms with van der Waals surface area (Å²) < 4.78 is 31.6. The highest BCUT2D eigenvalue weighted by atomic mass is 32.3. The van der Waals surface area contributed by atoms with Crippen molar-refractivity contribution >= 4 is 21.3 Å². The first kappa shape index (κ1) is 18.8. The maximum Gasteiger partial charge on any atom is 0.394 e. The van der Waals surface area contributed by atoms with E-state index < -0.39 is 10.4 Å². The molecular weight excluding hydrogens is 322 g/mol. The van der Waals surface area contributed by atoms with Crippen LogP contribution in [0.15, 0.2) is 36.5 Å². The quantitative estimate of drug-likeness (QED) is 0.438. The maximum absolute atomic E-state index is 8.74. The molecule has 0 saturated heterocycles. The lowest BCUT2D eigenvalue weighted by Crippen LogP contribution is -1.89. The lowest BCUT2D eigenvalue weighted by atomic mass is 10.2. The molecule has 0 aliphatic heterocycles. The Morgan fingerprint density at radius 3 is 2.39 bits per heavy atom. The zero-order valence-electron chi connectivity index (χ0n) is 12.5. The van der Waals surface area contributed by atoms with Crippen molar-refractivity contribution in [3.63, 3.8) is 0 Å². The fourth-order valence-corrected chi connectivity index (χ4v) is 1.74. The molecule has 1 aromatic carbocycles. The number of nitrogens with one attached hydrogen (secondary N) is 2. The number of hydrogen-bond donors (Lipinski definition) is 5. The Bertz CT molecular complexity index is 758. The van der Waals surface area contributed by atoms with Crippen LogP contribution in [0.5, 0.6) is 0 Å². The average molecular weight is 341 g/mol. The Morgan fingerprint density at radius 2 is 1.87 bits per heavy atom. The van der Waals surface area contributed by atoms with Gasteiger partial charge in [-0.3, -0.25) is 14.2 Å². The molecule has 0 fully saturated rings. The first-order valence-electron chi connectivity index (χ1n) is 6.65.